The van der Waals surface area contributed by atoms with Gasteiger partial charge in [0.05, 0.1) is 11.3 Å². The predicted octanol–water partition coefficient (Wildman–Crippen LogP) is 2.29. The summed E-state index contributed by atoms with van der Waals surface area (Å²) in [7, 11) is 0. The van der Waals surface area contributed by atoms with Gasteiger partial charge in [0.25, 0.3) is 0 Å². The molecule has 0 atom stereocenters. The highest BCUT2D eigenvalue weighted by atomic mass is 35.5. The van der Waals surface area contributed by atoms with E-state index in [0.717, 1.165) is 6.33 Å². The quantitative estimate of drug-likeness (QED) is 0.743. The summed E-state index contributed by atoms with van der Waals surface area (Å²) in [5.41, 5.74) is 3.31. The van der Waals surface area contributed by atoms with Crippen LogP contribution in [0.5, 0.6) is 0 Å². The number of nitrogen functional groups attached to an aromatic ring is 1. The van der Waals surface area contributed by atoms with Crippen molar-refractivity contribution in [1.82, 2.24) is 9.97 Å². The number of allylic oxidation sites excluding steroid dienone is 1. The molecule has 0 unspecified atom stereocenters. The number of rotatable bonds is 1. The molecule has 0 saturated heterocycles. The van der Waals surface area contributed by atoms with Crippen molar-refractivity contribution in [3.05, 3.63) is 23.8 Å². The Hall–Kier alpha value is -1.30. The Labute approximate surface area is 82.4 Å². The van der Waals surface area contributed by atoms with Crippen molar-refractivity contribution >= 4 is 22.9 Å². The summed E-state index contributed by atoms with van der Waals surface area (Å²) >= 11 is 5.42. The molecule has 1 aromatic rings. The zero-order valence-corrected chi connectivity index (χ0v) is 7.52. The topological polar surface area (TPSA) is 51.8 Å². The zero-order valence-electron chi connectivity index (χ0n) is 6.77. The van der Waals surface area contributed by atoms with E-state index in [4.69, 9.17) is 17.3 Å². The first-order valence-electron chi connectivity index (χ1n) is 3.36. The molecule has 0 aliphatic carbocycles. The SMILES string of the molecule is C=C(c1ncnc(Cl)c1N)C(F)(F)F. The molecule has 1 aromatic heterocycles. The molecule has 1 heterocycles. The number of hydrogen-bond acceptors (Lipinski definition) is 3. The average molecular weight is 224 g/mol. The lowest BCUT2D eigenvalue weighted by atomic mass is 10.2. The van der Waals surface area contributed by atoms with Crippen LogP contribution in [0.3, 0.4) is 0 Å². The number of nitrogens with zero attached hydrogens (tertiary/aromatic N) is 2. The summed E-state index contributed by atoms with van der Waals surface area (Å²) in [6.45, 7) is 2.84. The van der Waals surface area contributed by atoms with Crippen molar-refractivity contribution in [1.29, 1.82) is 0 Å². The second kappa shape index (κ2) is 3.45. The van der Waals surface area contributed by atoms with Crippen molar-refractivity contribution in [2.75, 3.05) is 5.73 Å². The molecule has 2 N–H and O–H groups in total. The van der Waals surface area contributed by atoms with E-state index in [1.807, 2.05) is 0 Å². The number of aromatic nitrogens is 2. The maximum atomic E-state index is 12.2. The summed E-state index contributed by atoms with van der Waals surface area (Å²) in [5.74, 6) is 0. The lowest BCUT2D eigenvalue weighted by Crippen LogP contribution is -2.13. The highest BCUT2D eigenvalue weighted by Gasteiger charge is 2.35. The Balaban J connectivity index is 3.21. The smallest absolute Gasteiger partial charge is 0.394 e. The zero-order chi connectivity index (χ0) is 10.9. The molecule has 0 aliphatic heterocycles. The largest absolute Gasteiger partial charge is 0.417 e. The van der Waals surface area contributed by atoms with E-state index in [2.05, 4.69) is 16.5 Å². The fraction of sp³-hybridized carbons (Fsp3) is 0.143. The van der Waals surface area contributed by atoms with Gasteiger partial charge >= 0.3 is 6.18 Å². The molecule has 14 heavy (non-hydrogen) atoms. The average Bonchev–Trinajstić information content (AvgIpc) is 2.07. The molecule has 0 bridgehead atoms. The standard InChI is InChI=1S/C7H5ClF3N3/c1-3(7(9,10)11)5-4(12)6(8)14-2-13-5/h2H,1,12H2. The first-order valence-corrected chi connectivity index (χ1v) is 3.74. The predicted molar refractivity (Wildman–Crippen MR) is 46.5 cm³/mol. The van der Waals surface area contributed by atoms with Crippen molar-refractivity contribution in [2.45, 2.75) is 6.18 Å². The Bertz CT molecular complexity index is 375. The van der Waals surface area contributed by atoms with E-state index in [1.54, 1.807) is 0 Å². The van der Waals surface area contributed by atoms with Gasteiger partial charge in [-0.05, 0) is 0 Å². The summed E-state index contributed by atoms with van der Waals surface area (Å²) in [6, 6.07) is 0. The van der Waals surface area contributed by atoms with Crippen molar-refractivity contribution < 1.29 is 13.2 Å². The molecule has 0 aromatic carbocycles. The molecule has 0 saturated carbocycles. The van der Waals surface area contributed by atoms with Crippen LogP contribution in [0, 0.1) is 0 Å². The molecular formula is C7H5ClF3N3. The minimum atomic E-state index is -4.58. The van der Waals surface area contributed by atoms with Crippen LogP contribution in [0.2, 0.25) is 5.15 Å². The molecule has 76 valence electrons. The lowest BCUT2D eigenvalue weighted by molar-refractivity contribution is -0.0688. The van der Waals surface area contributed by atoms with E-state index in [-0.39, 0.29) is 10.8 Å². The fourth-order valence-electron chi connectivity index (χ4n) is 0.749. The summed E-state index contributed by atoms with van der Waals surface area (Å²) in [5, 5.41) is -0.222. The second-order valence-corrected chi connectivity index (χ2v) is 2.76. The molecule has 0 aliphatic rings. The van der Waals surface area contributed by atoms with Crippen molar-refractivity contribution in [3.8, 4) is 0 Å². The number of alkyl halides is 3. The monoisotopic (exact) mass is 223 g/mol. The van der Waals surface area contributed by atoms with E-state index in [9.17, 15) is 13.2 Å². The third-order valence-corrected chi connectivity index (χ3v) is 1.76. The number of halogens is 4. The van der Waals surface area contributed by atoms with Gasteiger partial charge in [-0.25, -0.2) is 9.97 Å². The van der Waals surface area contributed by atoms with E-state index < -0.39 is 17.4 Å². The third-order valence-electron chi connectivity index (χ3n) is 1.46. The van der Waals surface area contributed by atoms with Crippen LogP contribution in [0.1, 0.15) is 5.69 Å². The minimum absolute atomic E-state index is 0.222. The van der Waals surface area contributed by atoms with Crippen LogP contribution in [-0.4, -0.2) is 16.1 Å². The van der Waals surface area contributed by atoms with Gasteiger partial charge in [-0.15, -0.1) is 0 Å². The van der Waals surface area contributed by atoms with Crippen LogP contribution in [-0.2, 0) is 0 Å². The van der Waals surface area contributed by atoms with Crippen molar-refractivity contribution in [3.63, 3.8) is 0 Å². The molecular weight excluding hydrogens is 219 g/mol. The third kappa shape index (κ3) is 1.95. The Morgan fingerprint density at radius 2 is 2.00 bits per heavy atom. The highest BCUT2D eigenvalue weighted by Crippen LogP contribution is 2.34. The molecule has 3 nitrogen and oxygen atoms in total. The molecule has 7 heteroatoms. The van der Waals surface area contributed by atoms with Gasteiger partial charge in [0.2, 0.25) is 0 Å². The number of anilines is 1. The first kappa shape index (κ1) is 10.8. The van der Waals surface area contributed by atoms with Crippen LogP contribution in [0.15, 0.2) is 12.9 Å². The first-order chi connectivity index (χ1) is 6.34. The van der Waals surface area contributed by atoms with Crippen molar-refractivity contribution in [2.24, 2.45) is 0 Å². The van der Waals surface area contributed by atoms with Crippen LogP contribution < -0.4 is 5.73 Å². The van der Waals surface area contributed by atoms with E-state index in [1.165, 1.54) is 0 Å². The van der Waals surface area contributed by atoms with E-state index in [0.29, 0.717) is 0 Å². The number of nitrogens with two attached hydrogens (primary N) is 1. The van der Waals surface area contributed by atoms with Gasteiger partial charge in [-0.3, -0.25) is 0 Å². The maximum absolute atomic E-state index is 12.2. The van der Waals surface area contributed by atoms with Gasteiger partial charge in [-0.1, -0.05) is 18.2 Å². The maximum Gasteiger partial charge on any atom is 0.417 e. The molecule has 0 amide bonds. The van der Waals surface area contributed by atoms with Gasteiger partial charge in [0.1, 0.15) is 12.0 Å². The van der Waals surface area contributed by atoms with Crippen LogP contribution in [0.25, 0.3) is 5.57 Å². The summed E-state index contributed by atoms with van der Waals surface area (Å²) in [6.07, 6.45) is -3.68. The second-order valence-electron chi connectivity index (χ2n) is 2.40. The molecule has 0 radical (unpaired) electrons. The Morgan fingerprint density at radius 1 is 1.43 bits per heavy atom. The number of hydrogen-bond donors (Lipinski definition) is 1. The van der Waals surface area contributed by atoms with Gasteiger partial charge in [-0.2, -0.15) is 13.2 Å². The molecule has 0 spiro atoms. The Kier molecular flexibility index (Phi) is 2.66. The molecule has 1 rings (SSSR count). The van der Waals surface area contributed by atoms with Crippen LogP contribution in [0.4, 0.5) is 18.9 Å². The van der Waals surface area contributed by atoms with Crippen LogP contribution >= 0.6 is 11.6 Å². The normalized spacial score (nSPS) is 11.4. The highest BCUT2D eigenvalue weighted by molar-refractivity contribution is 6.32. The van der Waals surface area contributed by atoms with E-state index >= 15 is 0 Å². The molecule has 0 fully saturated rings. The minimum Gasteiger partial charge on any atom is -0.394 e. The summed E-state index contributed by atoms with van der Waals surface area (Å²) < 4.78 is 36.6. The summed E-state index contributed by atoms with van der Waals surface area (Å²) in [4.78, 5) is 6.79. The van der Waals surface area contributed by atoms with Gasteiger partial charge < -0.3 is 5.73 Å². The lowest BCUT2D eigenvalue weighted by Gasteiger charge is -2.11. The van der Waals surface area contributed by atoms with Gasteiger partial charge in [0.15, 0.2) is 5.15 Å². The Morgan fingerprint density at radius 3 is 2.50 bits per heavy atom. The van der Waals surface area contributed by atoms with Gasteiger partial charge in [0, 0.05) is 0 Å². The fourth-order valence-corrected chi connectivity index (χ4v) is 0.882.